The van der Waals surface area contributed by atoms with E-state index < -0.39 is 0 Å². The molecular formula is C17H26N4O. The fraction of sp³-hybridized carbons (Fsp3) is 0.647. The molecule has 1 aromatic rings. The minimum Gasteiger partial charge on any atom is -0.353 e. The number of rotatable bonds is 2. The molecule has 0 aromatic carbocycles. The second kappa shape index (κ2) is 6.99. The number of pyridine rings is 1. The van der Waals surface area contributed by atoms with Crippen molar-refractivity contribution in [3.05, 3.63) is 24.4 Å². The third-order valence-corrected chi connectivity index (χ3v) is 4.87. The average Bonchev–Trinajstić information content (AvgIpc) is 2.62. The van der Waals surface area contributed by atoms with E-state index in [9.17, 15) is 4.79 Å². The van der Waals surface area contributed by atoms with E-state index in [1.165, 1.54) is 6.42 Å². The molecule has 5 nitrogen and oxygen atoms in total. The zero-order valence-corrected chi connectivity index (χ0v) is 13.4. The minimum absolute atomic E-state index is 0.243. The molecule has 2 aliphatic heterocycles. The molecule has 2 saturated heterocycles. The van der Waals surface area contributed by atoms with E-state index in [-0.39, 0.29) is 6.03 Å². The van der Waals surface area contributed by atoms with Crippen LogP contribution in [0.4, 0.5) is 10.6 Å². The first-order valence-electron chi connectivity index (χ1n) is 8.51. The summed E-state index contributed by atoms with van der Waals surface area (Å²) >= 11 is 0. The molecule has 0 saturated carbocycles. The molecule has 0 radical (unpaired) electrons. The number of carbonyl (C=O) groups is 1. The summed E-state index contributed by atoms with van der Waals surface area (Å²) in [5.41, 5.74) is 0. The number of hydrogen-bond donors (Lipinski definition) is 0. The Morgan fingerprint density at radius 2 is 2.00 bits per heavy atom. The Morgan fingerprint density at radius 3 is 2.68 bits per heavy atom. The molecule has 120 valence electrons. The molecule has 1 unspecified atom stereocenters. The number of piperazine rings is 1. The van der Waals surface area contributed by atoms with Crippen molar-refractivity contribution in [2.45, 2.75) is 38.6 Å². The van der Waals surface area contributed by atoms with Gasteiger partial charge in [-0.1, -0.05) is 13.0 Å². The van der Waals surface area contributed by atoms with Crippen LogP contribution in [0.2, 0.25) is 0 Å². The maximum Gasteiger partial charge on any atom is 0.320 e. The van der Waals surface area contributed by atoms with Crippen molar-refractivity contribution in [1.29, 1.82) is 0 Å². The van der Waals surface area contributed by atoms with Crippen LogP contribution in [0.1, 0.15) is 32.6 Å². The summed E-state index contributed by atoms with van der Waals surface area (Å²) in [5.74, 6) is 1.01. The first-order valence-corrected chi connectivity index (χ1v) is 8.51. The highest BCUT2D eigenvalue weighted by Gasteiger charge is 2.30. The summed E-state index contributed by atoms with van der Waals surface area (Å²) < 4.78 is 0. The Morgan fingerprint density at radius 1 is 1.18 bits per heavy atom. The van der Waals surface area contributed by atoms with Crippen LogP contribution >= 0.6 is 0 Å². The number of aromatic nitrogens is 1. The smallest absolute Gasteiger partial charge is 0.320 e. The summed E-state index contributed by atoms with van der Waals surface area (Å²) in [6.45, 7) is 6.44. The molecule has 1 aromatic heterocycles. The summed E-state index contributed by atoms with van der Waals surface area (Å²) in [5, 5.41) is 0. The van der Waals surface area contributed by atoms with Crippen molar-refractivity contribution in [2.75, 3.05) is 37.6 Å². The molecule has 2 aliphatic rings. The molecule has 5 heteroatoms. The van der Waals surface area contributed by atoms with Gasteiger partial charge in [-0.3, -0.25) is 0 Å². The Kier molecular flexibility index (Phi) is 4.80. The first-order chi connectivity index (χ1) is 10.8. The maximum absolute atomic E-state index is 12.8. The van der Waals surface area contributed by atoms with Gasteiger partial charge in [0.25, 0.3) is 0 Å². The second-order valence-corrected chi connectivity index (χ2v) is 6.20. The van der Waals surface area contributed by atoms with Gasteiger partial charge >= 0.3 is 6.03 Å². The molecule has 1 atom stereocenters. The van der Waals surface area contributed by atoms with E-state index in [4.69, 9.17) is 0 Å². The van der Waals surface area contributed by atoms with Gasteiger partial charge in [-0.2, -0.15) is 0 Å². The zero-order valence-electron chi connectivity index (χ0n) is 13.4. The van der Waals surface area contributed by atoms with Gasteiger partial charge in [0.2, 0.25) is 0 Å². The lowest BCUT2D eigenvalue weighted by atomic mass is 10.0. The number of piperidine rings is 1. The third-order valence-electron chi connectivity index (χ3n) is 4.87. The Balaban J connectivity index is 1.57. The molecule has 22 heavy (non-hydrogen) atoms. The van der Waals surface area contributed by atoms with Crippen molar-refractivity contribution in [3.8, 4) is 0 Å². The normalized spacial score (nSPS) is 22.8. The highest BCUT2D eigenvalue weighted by Crippen LogP contribution is 2.22. The number of amides is 2. The van der Waals surface area contributed by atoms with Crippen LogP contribution in [-0.2, 0) is 0 Å². The van der Waals surface area contributed by atoms with Crippen LogP contribution in [-0.4, -0.2) is 59.6 Å². The van der Waals surface area contributed by atoms with Crippen molar-refractivity contribution in [1.82, 2.24) is 14.8 Å². The number of likely N-dealkylation sites (tertiary alicyclic amines) is 1. The van der Waals surface area contributed by atoms with Gasteiger partial charge in [-0.15, -0.1) is 0 Å². The van der Waals surface area contributed by atoms with Crippen molar-refractivity contribution < 1.29 is 4.79 Å². The summed E-state index contributed by atoms with van der Waals surface area (Å²) in [6, 6.07) is 6.67. The van der Waals surface area contributed by atoms with E-state index in [0.717, 1.165) is 57.8 Å². The fourth-order valence-electron chi connectivity index (χ4n) is 3.53. The molecule has 0 aliphatic carbocycles. The van der Waals surface area contributed by atoms with Gasteiger partial charge in [0, 0.05) is 45.0 Å². The average molecular weight is 302 g/mol. The van der Waals surface area contributed by atoms with Gasteiger partial charge < -0.3 is 14.7 Å². The fourth-order valence-corrected chi connectivity index (χ4v) is 3.53. The van der Waals surface area contributed by atoms with E-state index in [2.05, 4.69) is 21.7 Å². The van der Waals surface area contributed by atoms with E-state index in [0.29, 0.717) is 6.04 Å². The van der Waals surface area contributed by atoms with Gasteiger partial charge in [-0.05, 0) is 37.8 Å². The Labute approximate surface area is 132 Å². The lowest BCUT2D eigenvalue weighted by Crippen LogP contribution is -2.56. The van der Waals surface area contributed by atoms with Crippen LogP contribution in [0.3, 0.4) is 0 Å². The summed E-state index contributed by atoms with van der Waals surface area (Å²) in [6.07, 6.45) is 6.47. The molecule has 2 fully saturated rings. The standard InChI is InChI=1S/C17H26N4O/c1-2-15-7-4-6-10-21(15)17(22)20-13-11-19(12-14-20)16-8-3-5-9-18-16/h3,5,8-9,15H,2,4,6-7,10-14H2,1H3. The van der Waals surface area contributed by atoms with Crippen LogP contribution in [0.15, 0.2) is 24.4 Å². The molecule has 3 rings (SSSR count). The topological polar surface area (TPSA) is 39.7 Å². The highest BCUT2D eigenvalue weighted by atomic mass is 16.2. The quantitative estimate of drug-likeness (QED) is 0.843. The Bertz CT molecular complexity index is 485. The number of nitrogens with zero attached hydrogens (tertiary/aromatic N) is 4. The summed E-state index contributed by atoms with van der Waals surface area (Å²) in [4.78, 5) is 23.6. The van der Waals surface area contributed by atoms with Crippen molar-refractivity contribution in [2.24, 2.45) is 0 Å². The lowest BCUT2D eigenvalue weighted by Gasteiger charge is -2.42. The van der Waals surface area contributed by atoms with Crippen molar-refractivity contribution >= 4 is 11.8 Å². The van der Waals surface area contributed by atoms with Gasteiger partial charge in [0.15, 0.2) is 0 Å². The SMILES string of the molecule is CCC1CCCCN1C(=O)N1CCN(c2ccccn2)CC1. The predicted octanol–water partition coefficient (Wildman–Crippen LogP) is 2.59. The van der Waals surface area contributed by atoms with Crippen molar-refractivity contribution in [3.63, 3.8) is 0 Å². The second-order valence-electron chi connectivity index (χ2n) is 6.20. The Hall–Kier alpha value is -1.78. The largest absolute Gasteiger partial charge is 0.353 e. The van der Waals surface area contributed by atoms with Gasteiger partial charge in [0.1, 0.15) is 5.82 Å². The molecular weight excluding hydrogens is 276 g/mol. The minimum atomic E-state index is 0.243. The molecule has 2 amide bonds. The zero-order chi connectivity index (χ0) is 15.4. The number of carbonyl (C=O) groups excluding carboxylic acids is 1. The van der Waals surface area contributed by atoms with Crippen LogP contribution in [0, 0.1) is 0 Å². The van der Waals surface area contributed by atoms with E-state index in [1.807, 2.05) is 29.3 Å². The number of anilines is 1. The van der Waals surface area contributed by atoms with E-state index >= 15 is 0 Å². The highest BCUT2D eigenvalue weighted by molar-refractivity contribution is 5.75. The summed E-state index contributed by atoms with van der Waals surface area (Å²) in [7, 11) is 0. The van der Waals surface area contributed by atoms with E-state index in [1.54, 1.807) is 0 Å². The number of urea groups is 1. The lowest BCUT2D eigenvalue weighted by molar-refractivity contribution is 0.111. The van der Waals surface area contributed by atoms with Gasteiger partial charge in [0.05, 0.1) is 0 Å². The molecule has 3 heterocycles. The van der Waals surface area contributed by atoms with Crippen LogP contribution in [0.5, 0.6) is 0 Å². The molecule has 0 spiro atoms. The molecule has 0 N–H and O–H groups in total. The maximum atomic E-state index is 12.8. The first kappa shape index (κ1) is 15.1. The predicted molar refractivity (Wildman–Crippen MR) is 88.1 cm³/mol. The monoisotopic (exact) mass is 302 g/mol. The van der Waals surface area contributed by atoms with Crippen LogP contribution in [0.25, 0.3) is 0 Å². The van der Waals surface area contributed by atoms with Crippen LogP contribution < -0.4 is 4.90 Å². The number of hydrogen-bond acceptors (Lipinski definition) is 3. The molecule has 0 bridgehead atoms. The van der Waals surface area contributed by atoms with Gasteiger partial charge in [-0.25, -0.2) is 9.78 Å². The third kappa shape index (κ3) is 3.18.